The standard InChI is InChI=1S/C26H30F2N4O4S/c1-24(2,3)36-23(35)31-11-10-25(14-31)12-16(13-25)32-18-7-5-4-6-17(18)29-22(32)30-21(34)19-8-9-20(37-19)26(27,28)15-33/h4-9,16,33H,10-15H2,1-3H3,(H,29,30,34)/t16-,25-. The zero-order valence-corrected chi connectivity index (χ0v) is 21.8. The molecule has 2 fully saturated rings. The molecule has 1 saturated heterocycles. The van der Waals surface area contributed by atoms with Gasteiger partial charge < -0.3 is 19.3 Å². The molecule has 198 valence electrons. The number of benzene rings is 1. The summed E-state index contributed by atoms with van der Waals surface area (Å²) in [6, 6.07) is 10.1. The second kappa shape index (κ2) is 9.05. The molecule has 0 unspecified atom stereocenters. The first-order valence-corrected chi connectivity index (χ1v) is 13.1. The number of para-hydroxylation sites is 2. The van der Waals surface area contributed by atoms with E-state index in [1.807, 2.05) is 49.6 Å². The number of nitrogens with zero attached hydrogens (tertiary/aromatic N) is 3. The van der Waals surface area contributed by atoms with E-state index in [1.54, 1.807) is 4.90 Å². The molecular formula is C26H30F2N4O4S. The molecule has 5 rings (SSSR count). The number of aromatic nitrogens is 2. The Morgan fingerprint density at radius 2 is 1.95 bits per heavy atom. The Kier molecular flexibility index (Phi) is 6.26. The third-order valence-corrected chi connectivity index (χ3v) is 8.20. The second-order valence-electron chi connectivity index (χ2n) is 11.0. The molecule has 1 spiro atoms. The number of ether oxygens (including phenoxy) is 1. The van der Waals surface area contributed by atoms with Gasteiger partial charge in [0, 0.05) is 19.1 Å². The van der Waals surface area contributed by atoms with Gasteiger partial charge in [-0.15, -0.1) is 11.3 Å². The zero-order valence-electron chi connectivity index (χ0n) is 21.0. The summed E-state index contributed by atoms with van der Waals surface area (Å²) in [7, 11) is 0. The van der Waals surface area contributed by atoms with Crippen molar-refractivity contribution >= 4 is 40.3 Å². The maximum absolute atomic E-state index is 13.8. The van der Waals surface area contributed by atoms with Crippen LogP contribution in [0, 0.1) is 5.41 Å². The van der Waals surface area contributed by atoms with Crippen LogP contribution in [0.4, 0.5) is 19.5 Å². The van der Waals surface area contributed by atoms with Crippen LogP contribution in [0.5, 0.6) is 0 Å². The number of likely N-dealkylation sites (tertiary alicyclic amines) is 1. The van der Waals surface area contributed by atoms with Crippen molar-refractivity contribution in [1.82, 2.24) is 14.5 Å². The number of carbonyl (C=O) groups excluding carboxylic acids is 2. The minimum absolute atomic E-state index is 0.00719. The number of alkyl halides is 2. The molecule has 37 heavy (non-hydrogen) atoms. The number of halogens is 2. The van der Waals surface area contributed by atoms with E-state index in [0.717, 1.165) is 36.4 Å². The summed E-state index contributed by atoms with van der Waals surface area (Å²) in [6.07, 6.45) is 2.23. The maximum atomic E-state index is 13.8. The van der Waals surface area contributed by atoms with Gasteiger partial charge in [0.2, 0.25) is 5.95 Å². The number of fused-ring (bicyclic) bond motifs is 1. The molecule has 1 aliphatic heterocycles. The van der Waals surface area contributed by atoms with E-state index >= 15 is 0 Å². The van der Waals surface area contributed by atoms with Gasteiger partial charge in [-0.25, -0.2) is 9.78 Å². The van der Waals surface area contributed by atoms with Crippen molar-refractivity contribution in [3.8, 4) is 0 Å². The van der Waals surface area contributed by atoms with E-state index in [9.17, 15) is 18.4 Å². The highest BCUT2D eigenvalue weighted by atomic mass is 32.1. The van der Waals surface area contributed by atoms with Gasteiger partial charge >= 0.3 is 12.0 Å². The zero-order chi connectivity index (χ0) is 26.6. The van der Waals surface area contributed by atoms with Crippen LogP contribution in [-0.2, 0) is 10.7 Å². The van der Waals surface area contributed by atoms with Crippen LogP contribution in [0.15, 0.2) is 36.4 Å². The van der Waals surface area contributed by atoms with Crippen molar-refractivity contribution in [3.05, 3.63) is 46.2 Å². The summed E-state index contributed by atoms with van der Waals surface area (Å²) in [4.78, 5) is 31.6. The minimum Gasteiger partial charge on any atom is -0.444 e. The number of hydrogen-bond acceptors (Lipinski definition) is 6. The molecule has 3 aromatic rings. The number of imidazole rings is 1. The second-order valence-corrected chi connectivity index (χ2v) is 12.1. The summed E-state index contributed by atoms with van der Waals surface area (Å²) in [5.74, 6) is -3.57. The number of aliphatic hydroxyl groups excluding tert-OH is 1. The first kappa shape index (κ1) is 25.6. The quantitative estimate of drug-likeness (QED) is 0.459. The van der Waals surface area contributed by atoms with E-state index < -0.39 is 24.0 Å². The first-order chi connectivity index (χ1) is 17.4. The summed E-state index contributed by atoms with van der Waals surface area (Å²) >= 11 is 0.646. The Balaban J connectivity index is 1.33. The van der Waals surface area contributed by atoms with Gasteiger partial charge in [-0.3, -0.25) is 10.1 Å². The molecule has 1 aliphatic carbocycles. The van der Waals surface area contributed by atoms with E-state index in [2.05, 4.69) is 10.3 Å². The Hall–Kier alpha value is -3.05. The summed E-state index contributed by atoms with van der Waals surface area (Å²) in [5, 5.41) is 11.8. The summed E-state index contributed by atoms with van der Waals surface area (Å²) < 4.78 is 35.2. The minimum atomic E-state index is -3.40. The van der Waals surface area contributed by atoms with Gasteiger partial charge in [-0.2, -0.15) is 8.78 Å². The van der Waals surface area contributed by atoms with Gasteiger partial charge in [0.15, 0.2) is 0 Å². The lowest BCUT2D eigenvalue weighted by Gasteiger charge is -2.46. The van der Waals surface area contributed by atoms with Crippen LogP contribution in [0.25, 0.3) is 11.0 Å². The number of thiophene rings is 1. The van der Waals surface area contributed by atoms with Gasteiger partial charge in [0.25, 0.3) is 5.91 Å². The number of aliphatic hydroxyl groups is 1. The molecular weight excluding hydrogens is 502 g/mol. The highest BCUT2D eigenvalue weighted by molar-refractivity contribution is 7.14. The number of nitrogens with one attached hydrogen (secondary N) is 1. The Morgan fingerprint density at radius 3 is 2.65 bits per heavy atom. The van der Waals surface area contributed by atoms with Crippen LogP contribution in [-0.4, -0.2) is 56.9 Å². The fourth-order valence-corrected chi connectivity index (χ4v) is 6.14. The van der Waals surface area contributed by atoms with Gasteiger partial charge in [0.1, 0.15) is 12.2 Å². The third kappa shape index (κ3) is 4.94. The molecule has 2 aromatic heterocycles. The molecule has 1 aromatic carbocycles. The Bertz CT molecular complexity index is 1340. The van der Waals surface area contributed by atoms with Crippen molar-refractivity contribution in [3.63, 3.8) is 0 Å². The van der Waals surface area contributed by atoms with E-state index in [4.69, 9.17) is 9.84 Å². The lowest BCUT2D eigenvalue weighted by molar-refractivity contribution is -0.0524. The monoisotopic (exact) mass is 532 g/mol. The van der Waals surface area contributed by atoms with Gasteiger partial charge in [-0.1, -0.05) is 12.1 Å². The van der Waals surface area contributed by atoms with Crippen molar-refractivity contribution in [2.45, 2.75) is 57.6 Å². The lowest BCUT2D eigenvalue weighted by Crippen LogP contribution is -2.43. The molecule has 0 bridgehead atoms. The summed E-state index contributed by atoms with van der Waals surface area (Å²) in [5.41, 5.74) is 1.04. The van der Waals surface area contributed by atoms with Crippen LogP contribution in [0.3, 0.4) is 0 Å². The average Bonchev–Trinajstić information content (AvgIpc) is 3.53. The number of hydrogen-bond donors (Lipinski definition) is 2. The molecule has 8 nitrogen and oxygen atoms in total. The molecule has 0 atom stereocenters. The largest absolute Gasteiger partial charge is 0.444 e. The number of rotatable bonds is 5. The highest BCUT2D eigenvalue weighted by Gasteiger charge is 2.51. The van der Waals surface area contributed by atoms with Crippen LogP contribution in [0.2, 0.25) is 0 Å². The highest BCUT2D eigenvalue weighted by Crippen LogP contribution is 2.55. The first-order valence-electron chi connectivity index (χ1n) is 12.2. The molecule has 2 amide bonds. The molecule has 1 saturated carbocycles. The number of amides is 2. The number of carbonyl (C=O) groups is 2. The van der Waals surface area contributed by atoms with Crippen molar-refractivity contribution in [1.29, 1.82) is 0 Å². The Labute approximate surface area is 217 Å². The Morgan fingerprint density at radius 1 is 1.22 bits per heavy atom. The van der Waals surface area contributed by atoms with E-state index in [1.165, 1.54) is 6.07 Å². The predicted octanol–water partition coefficient (Wildman–Crippen LogP) is 5.40. The fourth-order valence-electron chi connectivity index (χ4n) is 5.27. The van der Waals surface area contributed by atoms with Crippen LogP contribution < -0.4 is 5.32 Å². The van der Waals surface area contributed by atoms with Crippen molar-refractivity contribution in [2.75, 3.05) is 25.0 Å². The topological polar surface area (TPSA) is 96.7 Å². The van der Waals surface area contributed by atoms with Crippen LogP contribution >= 0.6 is 11.3 Å². The normalized spacial score (nSPS) is 21.9. The van der Waals surface area contributed by atoms with E-state index in [-0.39, 0.29) is 27.3 Å². The average molecular weight is 533 g/mol. The van der Waals surface area contributed by atoms with Gasteiger partial charge in [0.05, 0.1) is 20.8 Å². The molecule has 0 radical (unpaired) electrons. The van der Waals surface area contributed by atoms with Gasteiger partial charge in [-0.05, 0) is 69.7 Å². The molecule has 2 N–H and O–H groups in total. The molecule has 3 heterocycles. The molecule has 2 aliphatic rings. The fraction of sp³-hybridized carbons (Fsp3) is 0.500. The number of anilines is 1. The smallest absolute Gasteiger partial charge is 0.410 e. The molecule has 11 heteroatoms. The third-order valence-electron chi connectivity index (χ3n) is 7.00. The van der Waals surface area contributed by atoms with Crippen LogP contribution in [0.1, 0.15) is 60.6 Å². The predicted molar refractivity (Wildman–Crippen MR) is 136 cm³/mol. The summed E-state index contributed by atoms with van der Waals surface area (Å²) in [6.45, 7) is 5.51. The van der Waals surface area contributed by atoms with Crippen molar-refractivity contribution in [2.24, 2.45) is 5.41 Å². The lowest BCUT2D eigenvalue weighted by atomic mass is 9.65. The SMILES string of the molecule is CC(C)(C)OC(=O)N1CC[C@]2(C1)C[C@H](n1c(NC(=O)c3ccc(C(F)(F)CO)s3)nc3ccccc31)C2. The van der Waals surface area contributed by atoms with E-state index in [0.29, 0.717) is 30.4 Å². The maximum Gasteiger partial charge on any atom is 0.410 e. The van der Waals surface area contributed by atoms with Crippen molar-refractivity contribution < 1.29 is 28.2 Å².